The van der Waals surface area contributed by atoms with E-state index in [1.54, 1.807) is 26.4 Å². The van der Waals surface area contributed by atoms with E-state index in [0.29, 0.717) is 24.1 Å². The molecule has 6 heteroatoms. The fourth-order valence-electron chi connectivity index (χ4n) is 4.65. The summed E-state index contributed by atoms with van der Waals surface area (Å²) in [6, 6.07) is 12.3. The van der Waals surface area contributed by atoms with E-state index in [2.05, 4.69) is 11.0 Å². The SMILES string of the molecule is COc1ccc(CN2CCC[C@@H]3CN(C(=O)c4cccc(F)c4)C[C@@H]32)cc1OC. The highest BCUT2D eigenvalue weighted by Crippen LogP contribution is 2.34. The number of rotatable bonds is 5. The Morgan fingerprint density at radius 2 is 1.93 bits per heavy atom. The first-order valence-electron chi connectivity index (χ1n) is 10.1. The van der Waals surface area contributed by atoms with Crippen LogP contribution in [0.2, 0.25) is 0 Å². The summed E-state index contributed by atoms with van der Waals surface area (Å²) < 4.78 is 24.3. The van der Waals surface area contributed by atoms with Crippen molar-refractivity contribution in [2.24, 2.45) is 5.92 Å². The molecule has 4 rings (SSSR count). The summed E-state index contributed by atoms with van der Waals surface area (Å²) in [6.07, 6.45) is 2.25. The zero-order valence-corrected chi connectivity index (χ0v) is 16.9. The number of ether oxygens (including phenoxy) is 2. The van der Waals surface area contributed by atoms with Crippen molar-refractivity contribution in [1.82, 2.24) is 9.80 Å². The van der Waals surface area contributed by atoms with Gasteiger partial charge in [-0.15, -0.1) is 0 Å². The molecule has 0 unspecified atom stereocenters. The van der Waals surface area contributed by atoms with Gasteiger partial charge in [0.2, 0.25) is 0 Å². The van der Waals surface area contributed by atoms with Crippen molar-refractivity contribution < 1.29 is 18.7 Å². The molecule has 2 aliphatic heterocycles. The third-order valence-electron chi connectivity index (χ3n) is 6.09. The van der Waals surface area contributed by atoms with E-state index in [9.17, 15) is 9.18 Å². The maximum atomic E-state index is 13.5. The Morgan fingerprint density at radius 1 is 1.10 bits per heavy atom. The van der Waals surface area contributed by atoms with Crippen molar-refractivity contribution in [3.05, 3.63) is 59.4 Å². The molecule has 2 aliphatic rings. The van der Waals surface area contributed by atoms with Gasteiger partial charge in [0.1, 0.15) is 5.82 Å². The Kier molecular flexibility index (Phi) is 5.72. The number of hydrogen-bond acceptors (Lipinski definition) is 4. The zero-order valence-electron chi connectivity index (χ0n) is 16.9. The van der Waals surface area contributed by atoms with Gasteiger partial charge in [-0.1, -0.05) is 12.1 Å². The lowest BCUT2D eigenvalue weighted by Crippen LogP contribution is -2.44. The predicted octanol–water partition coefficient (Wildman–Crippen LogP) is 3.58. The minimum Gasteiger partial charge on any atom is -0.493 e. The number of carbonyl (C=O) groups is 1. The van der Waals surface area contributed by atoms with Gasteiger partial charge in [-0.3, -0.25) is 9.69 Å². The van der Waals surface area contributed by atoms with E-state index in [1.807, 2.05) is 17.0 Å². The number of benzene rings is 2. The van der Waals surface area contributed by atoms with Crippen LogP contribution in [0.15, 0.2) is 42.5 Å². The molecule has 154 valence electrons. The largest absolute Gasteiger partial charge is 0.493 e. The van der Waals surface area contributed by atoms with Gasteiger partial charge in [-0.05, 0) is 61.2 Å². The molecule has 29 heavy (non-hydrogen) atoms. The minimum atomic E-state index is -0.373. The first-order valence-corrected chi connectivity index (χ1v) is 10.1. The average molecular weight is 398 g/mol. The average Bonchev–Trinajstić information content (AvgIpc) is 3.18. The Balaban J connectivity index is 1.48. The Morgan fingerprint density at radius 3 is 2.69 bits per heavy atom. The van der Waals surface area contributed by atoms with Crippen LogP contribution in [0.5, 0.6) is 11.5 Å². The summed E-state index contributed by atoms with van der Waals surface area (Å²) in [7, 11) is 3.28. The lowest BCUT2D eigenvalue weighted by Gasteiger charge is -2.36. The first-order chi connectivity index (χ1) is 14.1. The van der Waals surface area contributed by atoms with Gasteiger partial charge in [-0.25, -0.2) is 4.39 Å². The highest BCUT2D eigenvalue weighted by Gasteiger charge is 2.40. The van der Waals surface area contributed by atoms with Crippen LogP contribution in [0.3, 0.4) is 0 Å². The molecule has 2 aromatic carbocycles. The fraction of sp³-hybridized carbons (Fsp3) is 0.435. The zero-order chi connectivity index (χ0) is 20.4. The second-order valence-electron chi connectivity index (χ2n) is 7.85. The van der Waals surface area contributed by atoms with E-state index < -0.39 is 0 Å². The first kappa shape index (κ1) is 19.7. The molecule has 2 aromatic rings. The second kappa shape index (κ2) is 8.41. The Hall–Kier alpha value is -2.60. The molecule has 0 aliphatic carbocycles. The van der Waals surface area contributed by atoms with Crippen molar-refractivity contribution in [3.8, 4) is 11.5 Å². The van der Waals surface area contributed by atoms with Crippen LogP contribution in [0, 0.1) is 11.7 Å². The molecule has 2 saturated heterocycles. The lowest BCUT2D eigenvalue weighted by atomic mass is 9.91. The molecule has 5 nitrogen and oxygen atoms in total. The highest BCUT2D eigenvalue weighted by atomic mass is 19.1. The van der Waals surface area contributed by atoms with Crippen molar-refractivity contribution in [3.63, 3.8) is 0 Å². The molecule has 0 aromatic heterocycles. The number of hydrogen-bond donors (Lipinski definition) is 0. The third kappa shape index (κ3) is 4.08. The summed E-state index contributed by atoms with van der Waals surface area (Å²) >= 11 is 0. The van der Waals surface area contributed by atoms with Gasteiger partial charge in [0.15, 0.2) is 11.5 Å². The molecule has 2 atom stereocenters. The van der Waals surface area contributed by atoms with Crippen LogP contribution >= 0.6 is 0 Å². The van der Waals surface area contributed by atoms with Crippen molar-refractivity contribution in [2.45, 2.75) is 25.4 Å². The van der Waals surface area contributed by atoms with Crippen LogP contribution in [-0.2, 0) is 6.54 Å². The van der Waals surface area contributed by atoms with E-state index in [1.165, 1.54) is 17.7 Å². The van der Waals surface area contributed by atoms with E-state index in [4.69, 9.17) is 9.47 Å². The molecule has 0 bridgehead atoms. The quantitative estimate of drug-likeness (QED) is 0.772. The maximum absolute atomic E-state index is 13.5. The Bertz CT molecular complexity index is 888. The monoisotopic (exact) mass is 398 g/mol. The van der Waals surface area contributed by atoms with Crippen LogP contribution in [-0.4, -0.2) is 55.6 Å². The fourth-order valence-corrected chi connectivity index (χ4v) is 4.65. The molecule has 2 fully saturated rings. The van der Waals surface area contributed by atoms with E-state index in [0.717, 1.165) is 44.0 Å². The summed E-state index contributed by atoms with van der Waals surface area (Å²) in [4.78, 5) is 17.2. The molecule has 0 radical (unpaired) electrons. The normalized spacial score (nSPS) is 21.7. The number of amides is 1. The number of halogens is 1. The van der Waals surface area contributed by atoms with Gasteiger partial charge >= 0.3 is 0 Å². The van der Waals surface area contributed by atoms with Crippen LogP contribution in [0.1, 0.15) is 28.8 Å². The van der Waals surface area contributed by atoms with E-state index in [-0.39, 0.29) is 11.7 Å². The highest BCUT2D eigenvalue weighted by molar-refractivity contribution is 5.94. The van der Waals surface area contributed by atoms with Gasteiger partial charge in [-0.2, -0.15) is 0 Å². The molecule has 0 saturated carbocycles. The minimum absolute atomic E-state index is 0.0787. The maximum Gasteiger partial charge on any atom is 0.254 e. The van der Waals surface area contributed by atoms with Gasteiger partial charge in [0, 0.05) is 31.2 Å². The number of fused-ring (bicyclic) bond motifs is 1. The molecular weight excluding hydrogens is 371 g/mol. The number of likely N-dealkylation sites (tertiary alicyclic amines) is 2. The van der Waals surface area contributed by atoms with Gasteiger partial charge < -0.3 is 14.4 Å². The van der Waals surface area contributed by atoms with Crippen LogP contribution < -0.4 is 9.47 Å². The van der Waals surface area contributed by atoms with E-state index >= 15 is 0 Å². The number of piperidine rings is 1. The van der Waals surface area contributed by atoms with Gasteiger partial charge in [0.25, 0.3) is 5.91 Å². The molecule has 1 amide bonds. The summed E-state index contributed by atoms with van der Waals surface area (Å²) in [6.45, 7) is 3.25. The second-order valence-corrected chi connectivity index (χ2v) is 7.85. The smallest absolute Gasteiger partial charge is 0.254 e. The van der Waals surface area contributed by atoms with Crippen molar-refractivity contribution in [2.75, 3.05) is 33.9 Å². The van der Waals surface area contributed by atoms with Gasteiger partial charge in [0.05, 0.1) is 14.2 Å². The van der Waals surface area contributed by atoms with Crippen LogP contribution in [0.4, 0.5) is 4.39 Å². The molecule has 0 spiro atoms. The number of carbonyl (C=O) groups excluding carboxylic acids is 1. The standard InChI is InChI=1S/C23H27FN2O3/c1-28-21-9-8-16(11-22(21)29-2)13-25-10-4-6-18-14-26(15-20(18)25)23(27)17-5-3-7-19(24)12-17/h3,5,7-9,11-12,18,20H,4,6,10,13-15H2,1-2H3/t18-,20+/m1/s1. The molecular formula is C23H27FN2O3. The lowest BCUT2D eigenvalue weighted by molar-refractivity contribution is 0.0774. The summed E-state index contributed by atoms with van der Waals surface area (Å²) in [5.74, 6) is 1.46. The van der Waals surface area contributed by atoms with Crippen LogP contribution in [0.25, 0.3) is 0 Å². The van der Waals surface area contributed by atoms with Crippen molar-refractivity contribution in [1.29, 1.82) is 0 Å². The predicted molar refractivity (Wildman–Crippen MR) is 109 cm³/mol. The number of nitrogens with zero attached hydrogens (tertiary/aromatic N) is 2. The number of methoxy groups -OCH3 is 2. The molecule has 0 N–H and O–H groups in total. The molecule has 2 heterocycles. The third-order valence-corrected chi connectivity index (χ3v) is 6.09. The topological polar surface area (TPSA) is 42.0 Å². The summed E-state index contributed by atoms with van der Waals surface area (Å²) in [5, 5.41) is 0. The summed E-state index contributed by atoms with van der Waals surface area (Å²) in [5.41, 5.74) is 1.59. The van der Waals surface area contributed by atoms with Crippen molar-refractivity contribution >= 4 is 5.91 Å². The Labute approximate surface area is 171 Å².